The number of rotatable bonds is 27. The minimum absolute atomic E-state index is 0.0956. The molecule has 0 fully saturated rings. The first-order valence-corrected chi connectivity index (χ1v) is 21.2. The predicted molar refractivity (Wildman–Crippen MR) is 243 cm³/mol. The number of hydrogen-bond donors (Lipinski definition) is 2. The highest BCUT2D eigenvalue weighted by atomic mass is 16.5. The van der Waals surface area contributed by atoms with Crippen molar-refractivity contribution < 1.29 is 14.9 Å². The average Bonchev–Trinajstić information content (AvgIpc) is 3.11. The zero-order chi connectivity index (χ0) is 41.0. The van der Waals surface area contributed by atoms with Gasteiger partial charge >= 0.3 is 0 Å². The van der Waals surface area contributed by atoms with Crippen molar-refractivity contribution in [1.82, 2.24) is 0 Å². The van der Waals surface area contributed by atoms with Crippen LogP contribution < -0.4 is 4.74 Å². The normalized spacial score (nSPS) is 14.2. The van der Waals surface area contributed by atoms with E-state index in [1.807, 2.05) is 0 Å². The number of methoxy groups -OCH3 is 1. The Hall–Kier alpha value is -3.72. The zero-order valence-electron chi connectivity index (χ0n) is 37.2. The third-order valence-corrected chi connectivity index (χ3v) is 10.3. The van der Waals surface area contributed by atoms with E-state index in [1.165, 1.54) is 82.6 Å². The van der Waals surface area contributed by atoms with Crippen LogP contribution in [-0.2, 0) is 6.42 Å². The van der Waals surface area contributed by atoms with Crippen LogP contribution in [0.25, 0.3) is 0 Å². The van der Waals surface area contributed by atoms with Crippen molar-refractivity contribution in [3.05, 3.63) is 123 Å². The van der Waals surface area contributed by atoms with Gasteiger partial charge in [0, 0.05) is 11.6 Å². The van der Waals surface area contributed by atoms with Gasteiger partial charge in [0.25, 0.3) is 0 Å². The molecule has 55 heavy (non-hydrogen) atoms. The van der Waals surface area contributed by atoms with Gasteiger partial charge in [-0.1, -0.05) is 105 Å². The summed E-state index contributed by atoms with van der Waals surface area (Å²) in [6.45, 7) is 22.4. The van der Waals surface area contributed by atoms with E-state index in [9.17, 15) is 10.2 Å². The predicted octanol–water partition coefficient (Wildman–Crippen LogP) is 16.4. The Kier molecular flexibility index (Phi) is 26.5. The maximum Gasteiger partial charge on any atom is 0.164 e. The minimum atomic E-state index is 0.0956. The van der Waals surface area contributed by atoms with E-state index in [1.54, 1.807) is 6.07 Å². The summed E-state index contributed by atoms with van der Waals surface area (Å²) < 4.78 is 5.15. The van der Waals surface area contributed by atoms with Crippen LogP contribution in [0.5, 0.6) is 17.2 Å². The molecule has 0 unspecified atom stereocenters. The Balaban J connectivity index is 2.27. The topological polar surface area (TPSA) is 49.7 Å². The molecule has 0 saturated heterocycles. The van der Waals surface area contributed by atoms with Crippen molar-refractivity contribution in [3.8, 4) is 17.2 Å². The van der Waals surface area contributed by atoms with Gasteiger partial charge < -0.3 is 14.9 Å². The van der Waals surface area contributed by atoms with Crippen LogP contribution in [0.3, 0.4) is 0 Å². The van der Waals surface area contributed by atoms with Gasteiger partial charge in [0.2, 0.25) is 0 Å². The molecule has 306 valence electrons. The molecule has 3 heteroatoms. The quantitative estimate of drug-likeness (QED) is 0.0695. The molecule has 0 atom stereocenters. The fourth-order valence-corrected chi connectivity index (χ4v) is 6.47. The van der Waals surface area contributed by atoms with E-state index in [-0.39, 0.29) is 11.5 Å². The summed E-state index contributed by atoms with van der Waals surface area (Å²) >= 11 is 0. The number of benzene rings is 1. The molecule has 0 aromatic heterocycles. The fraction of sp³-hybridized carbons (Fsp3) is 0.538. The molecule has 0 saturated carbocycles. The van der Waals surface area contributed by atoms with E-state index in [2.05, 4.69) is 124 Å². The standard InChI is InChI=1S/C52H80O3/c1-40(2)20-12-21-41(3)22-13-23-42(4)24-14-25-43(5)26-15-27-44(6)28-16-29-45(7)30-17-31-46(8)32-18-33-47(9)34-19-35-48(10)36-37-49-38-50(53)39-51(55-11)52(49)54/h20,22,24,26,28,30,32,34,36,38-39,53-54H,12-19,21,23,25,27,29,31,33,35,37H2,1-11H3. The number of allylic oxidation sites excluding steroid dienone is 18. The van der Waals surface area contributed by atoms with Gasteiger partial charge in [-0.25, -0.2) is 0 Å². The van der Waals surface area contributed by atoms with Crippen LogP contribution in [0.1, 0.15) is 178 Å². The lowest BCUT2D eigenvalue weighted by atomic mass is 10.0. The van der Waals surface area contributed by atoms with Gasteiger partial charge in [0.05, 0.1) is 7.11 Å². The van der Waals surface area contributed by atoms with Crippen LogP contribution in [-0.4, -0.2) is 17.3 Å². The molecular formula is C52H80O3. The smallest absolute Gasteiger partial charge is 0.164 e. The Morgan fingerprint density at radius 1 is 0.418 bits per heavy atom. The van der Waals surface area contributed by atoms with E-state index in [4.69, 9.17) is 4.74 Å². The molecule has 3 nitrogen and oxygen atoms in total. The van der Waals surface area contributed by atoms with Crippen molar-refractivity contribution in [2.45, 2.75) is 178 Å². The summed E-state index contributed by atoms with van der Waals surface area (Å²) in [6.07, 6.45) is 40.0. The molecular weight excluding hydrogens is 673 g/mol. The van der Waals surface area contributed by atoms with Gasteiger partial charge in [-0.3, -0.25) is 0 Å². The molecule has 0 bridgehead atoms. The second kappa shape index (κ2) is 29.6. The number of phenols is 2. The van der Waals surface area contributed by atoms with Crippen LogP contribution in [0.15, 0.2) is 117 Å². The molecule has 0 radical (unpaired) electrons. The molecule has 0 heterocycles. The molecule has 1 aromatic rings. The maximum atomic E-state index is 10.3. The summed E-state index contributed by atoms with van der Waals surface area (Å²) in [5.41, 5.74) is 13.9. The molecule has 0 aliphatic carbocycles. The largest absolute Gasteiger partial charge is 0.508 e. The molecule has 0 aliphatic rings. The molecule has 2 N–H and O–H groups in total. The van der Waals surface area contributed by atoms with Crippen LogP contribution in [0, 0.1) is 0 Å². The Labute approximate surface area is 339 Å². The summed E-state index contributed by atoms with van der Waals surface area (Å²) in [4.78, 5) is 0. The summed E-state index contributed by atoms with van der Waals surface area (Å²) in [5, 5.41) is 20.2. The van der Waals surface area contributed by atoms with Gasteiger partial charge in [0.15, 0.2) is 11.5 Å². The van der Waals surface area contributed by atoms with Crippen LogP contribution in [0.2, 0.25) is 0 Å². The lowest BCUT2D eigenvalue weighted by Gasteiger charge is -2.09. The van der Waals surface area contributed by atoms with Crippen molar-refractivity contribution in [2.75, 3.05) is 7.11 Å². The van der Waals surface area contributed by atoms with Gasteiger partial charge in [-0.2, -0.15) is 0 Å². The lowest BCUT2D eigenvalue weighted by molar-refractivity contribution is 0.366. The summed E-state index contributed by atoms with van der Waals surface area (Å²) in [5.74, 6) is 0.498. The van der Waals surface area contributed by atoms with Crippen molar-refractivity contribution in [1.29, 1.82) is 0 Å². The first-order chi connectivity index (χ1) is 26.2. The summed E-state index contributed by atoms with van der Waals surface area (Å²) in [6, 6.07) is 3.02. The number of ether oxygens (including phenoxy) is 1. The highest BCUT2D eigenvalue weighted by Gasteiger charge is 2.09. The second-order valence-corrected chi connectivity index (χ2v) is 16.4. The van der Waals surface area contributed by atoms with E-state index in [0.717, 1.165) is 83.5 Å². The van der Waals surface area contributed by atoms with E-state index >= 15 is 0 Å². The van der Waals surface area contributed by atoms with Crippen molar-refractivity contribution >= 4 is 0 Å². The third-order valence-electron chi connectivity index (χ3n) is 10.3. The Bertz CT molecular complexity index is 1560. The zero-order valence-corrected chi connectivity index (χ0v) is 37.2. The average molecular weight is 753 g/mol. The van der Waals surface area contributed by atoms with Crippen LogP contribution in [0.4, 0.5) is 0 Å². The maximum absolute atomic E-state index is 10.3. The van der Waals surface area contributed by atoms with E-state index in [0.29, 0.717) is 17.7 Å². The monoisotopic (exact) mass is 753 g/mol. The molecule has 1 rings (SSSR count). The van der Waals surface area contributed by atoms with Gasteiger partial charge in [0.1, 0.15) is 5.75 Å². The fourth-order valence-electron chi connectivity index (χ4n) is 6.47. The van der Waals surface area contributed by atoms with Crippen molar-refractivity contribution in [3.63, 3.8) is 0 Å². The van der Waals surface area contributed by atoms with Gasteiger partial charge in [-0.05, 0) is 184 Å². The highest BCUT2D eigenvalue weighted by molar-refractivity contribution is 5.51. The Morgan fingerprint density at radius 2 is 0.691 bits per heavy atom. The molecule has 0 amide bonds. The molecule has 0 spiro atoms. The number of aromatic hydroxyl groups is 2. The molecule has 1 aromatic carbocycles. The Morgan fingerprint density at radius 3 is 0.964 bits per heavy atom. The number of hydrogen-bond acceptors (Lipinski definition) is 3. The third kappa shape index (κ3) is 25.9. The molecule has 0 aliphatic heterocycles. The van der Waals surface area contributed by atoms with Gasteiger partial charge in [-0.15, -0.1) is 0 Å². The van der Waals surface area contributed by atoms with Crippen LogP contribution >= 0.6 is 0 Å². The minimum Gasteiger partial charge on any atom is -0.508 e. The highest BCUT2D eigenvalue weighted by Crippen LogP contribution is 2.34. The summed E-state index contributed by atoms with van der Waals surface area (Å²) in [7, 11) is 1.49. The van der Waals surface area contributed by atoms with Crippen molar-refractivity contribution in [2.24, 2.45) is 0 Å². The first-order valence-electron chi connectivity index (χ1n) is 21.2. The SMILES string of the molecule is COc1cc(O)cc(CC=C(C)CCC=C(C)CCC=C(C)CCC=C(C)CCC=C(C)CCC=C(C)CCC=C(C)CCC=C(C)CCC=C(C)C)c1O. The number of phenolic OH excluding ortho intramolecular Hbond substituents is 2. The second-order valence-electron chi connectivity index (χ2n) is 16.4. The first kappa shape index (κ1) is 49.3. The van der Waals surface area contributed by atoms with E-state index < -0.39 is 0 Å². The lowest BCUT2D eigenvalue weighted by Crippen LogP contribution is -1.90.